The van der Waals surface area contributed by atoms with E-state index in [0.717, 1.165) is 31.4 Å². The molecular formula is C18H28N2O3. The second-order valence-electron chi connectivity index (χ2n) is 6.36. The third-order valence-electron chi connectivity index (χ3n) is 4.61. The van der Waals surface area contributed by atoms with Gasteiger partial charge in [0.25, 0.3) is 0 Å². The molecular weight excluding hydrogens is 292 g/mol. The number of hydrogen-bond donors (Lipinski definition) is 2. The molecule has 0 aliphatic heterocycles. The van der Waals surface area contributed by atoms with Gasteiger partial charge in [-0.25, -0.2) is 4.79 Å². The molecule has 1 aromatic rings. The number of nitrogens with one attached hydrogen (secondary N) is 1. The van der Waals surface area contributed by atoms with Crippen molar-refractivity contribution in [3.8, 4) is 5.75 Å². The molecule has 128 valence electrons. The number of aryl methyl sites for hydroxylation is 1. The highest BCUT2D eigenvalue weighted by Crippen LogP contribution is 2.26. The van der Waals surface area contributed by atoms with Crippen LogP contribution in [0, 0.1) is 12.8 Å². The van der Waals surface area contributed by atoms with Crippen LogP contribution in [0.4, 0.5) is 4.79 Å². The average Bonchev–Trinajstić information content (AvgIpc) is 2.59. The lowest BCUT2D eigenvalue weighted by molar-refractivity contribution is 0.133. The number of nitrogens with zero attached hydrogens (tertiary/aromatic N) is 1. The van der Waals surface area contributed by atoms with Gasteiger partial charge in [-0.05, 0) is 50.7 Å². The first-order chi connectivity index (χ1) is 11.1. The molecule has 1 saturated carbocycles. The molecule has 0 heterocycles. The van der Waals surface area contributed by atoms with Gasteiger partial charge in [0.05, 0.1) is 6.54 Å². The van der Waals surface area contributed by atoms with E-state index < -0.39 is 0 Å². The second-order valence-corrected chi connectivity index (χ2v) is 6.36. The lowest BCUT2D eigenvalue weighted by Crippen LogP contribution is -2.46. The SMILES string of the molecule is Cc1ccc(OCCNC(=O)N(C)C2CCC(CO)CC2)cc1. The molecule has 1 aliphatic rings. The van der Waals surface area contributed by atoms with Gasteiger partial charge < -0.3 is 20.1 Å². The van der Waals surface area contributed by atoms with Gasteiger partial charge in [0.1, 0.15) is 12.4 Å². The number of amides is 2. The Hall–Kier alpha value is -1.75. The van der Waals surface area contributed by atoms with Gasteiger partial charge in [0, 0.05) is 19.7 Å². The summed E-state index contributed by atoms with van der Waals surface area (Å²) in [6.45, 7) is 3.25. The summed E-state index contributed by atoms with van der Waals surface area (Å²) in [6.07, 6.45) is 3.93. The molecule has 5 heteroatoms. The Bertz CT molecular complexity index is 482. The first-order valence-electron chi connectivity index (χ1n) is 8.41. The third-order valence-corrected chi connectivity index (χ3v) is 4.61. The molecule has 0 radical (unpaired) electrons. The van der Waals surface area contributed by atoms with E-state index in [-0.39, 0.29) is 18.7 Å². The molecule has 1 aromatic carbocycles. The fourth-order valence-electron chi connectivity index (χ4n) is 2.97. The first kappa shape index (κ1) is 17.6. The van der Waals surface area contributed by atoms with Crippen molar-refractivity contribution in [3.63, 3.8) is 0 Å². The van der Waals surface area contributed by atoms with Crippen molar-refractivity contribution < 1.29 is 14.6 Å². The van der Waals surface area contributed by atoms with Crippen LogP contribution in [0.25, 0.3) is 0 Å². The van der Waals surface area contributed by atoms with E-state index >= 15 is 0 Å². The molecule has 1 aliphatic carbocycles. The Kier molecular flexibility index (Phi) is 6.71. The summed E-state index contributed by atoms with van der Waals surface area (Å²) in [5.74, 6) is 1.23. The molecule has 0 saturated heterocycles. The third kappa shape index (κ3) is 5.43. The van der Waals surface area contributed by atoms with Crippen LogP contribution >= 0.6 is 0 Å². The number of rotatable bonds is 6. The highest BCUT2D eigenvalue weighted by molar-refractivity contribution is 5.74. The minimum atomic E-state index is -0.0510. The van der Waals surface area contributed by atoms with Gasteiger partial charge in [0.2, 0.25) is 0 Å². The van der Waals surface area contributed by atoms with Gasteiger partial charge in [-0.2, -0.15) is 0 Å². The van der Waals surface area contributed by atoms with E-state index in [1.54, 1.807) is 4.90 Å². The summed E-state index contributed by atoms with van der Waals surface area (Å²) < 4.78 is 5.60. The number of carbonyl (C=O) groups excluding carboxylic acids is 1. The molecule has 2 rings (SSSR count). The molecule has 0 spiro atoms. The molecule has 0 aromatic heterocycles. The highest BCUT2D eigenvalue weighted by atomic mass is 16.5. The van der Waals surface area contributed by atoms with Crippen molar-refractivity contribution in [2.24, 2.45) is 5.92 Å². The maximum atomic E-state index is 12.2. The number of aliphatic hydroxyl groups is 1. The summed E-state index contributed by atoms with van der Waals surface area (Å²) in [5.41, 5.74) is 1.20. The lowest BCUT2D eigenvalue weighted by atomic mass is 9.86. The van der Waals surface area contributed by atoms with Crippen molar-refractivity contribution in [3.05, 3.63) is 29.8 Å². The van der Waals surface area contributed by atoms with Crippen molar-refractivity contribution in [1.82, 2.24) is 10.2 Å². The van der Waals surface area contributed by atoms with Crippen LogP contribution in [-0.4, -0.2) is 48.9 Å². The molecule has 23 heavy (non-hydrogen) atoms. The van der Waals surface area contributed by atoms with Crippen LogP contribution in [0.5, 0.6) is 5.75 Å². The predicted octanol–water partition coefficient (Wildman–Crippen LogP) is 2.57. The van der Waals surface area contributed by atoms with Crippen molar-refractivity contribution in [1.29, 1.82) is 0 Å². The zero-order valence-corrected chi connectivity index (χ0v) is 14.1. The number of carbonyl (C=O) groups is 1. The standard InChI is InChI=1S/C18H28N2O3/c1-14-3-9-17(10-4-14)23-12-11-19-18(22)20(2)16-7-5-15(13-21)6-8-16/h3-4,9-10,15-16,21H,5-8,11-13H2,1-2H3,(H,19,22). The molecule has 2 N–H and O–H groups in total. The van der Waals surface area contributed by atoms with Crippen LogP contribution in [0.3, 0.4) is 0 Å². The maximum Gasteiger partial charge on any atom is 0.317 e. The van der Waals surface area contributed by atoms with E-state index in [0.29, 0.717) is 19.1 Å². The summed E-state index contributed by atoms with van der Waals surface area (Å²) in [6, 6.07) is 8.10. The maximum absolute atomic E-state index is 12.2. The quantitative estimate of drug-likeness (QED) is 0.792. The van der Waals surface area contributed by atoms with Crippen LogP contribution in [0.1, 0.15) is 31.2 Å². The fourth-order valence-corrected chi connectivity index (χ4v) is 2.97. The van der Waals surface area contributed by atoms with Crippen molar-refractivity contribution >= 4 is 6.03 Å². The normalized spacial score (nSPS) is 20.8. The van der Waals surface area contributed by atoms with Crippen molar-refractivity contribution in [2.75, 3.05) is 26.8 Å². The number of aliphatic hydroxyl groups excluding tert-OH is 1. The zero-order chi connectivity index (χ0) is 16.7. The summed E-state index contributed by atoms with van der Waals surface area (Å²) in [5, 5.41) is 12.1. The molecule has 1 fully saturated rings. The number of benzene rings is 1. The Morgan fingerprint density at radius 3 is 2.52 bits per heavy atom. The van der Waals surface area contributed by atoms with E-state index in [1.807, 2.05) is 38.2 Å². The van der Waals surface area contributed by atoms with Crippen LogP contribution in [0.15, 0.2) is 24.3 Å². The van der Waals surface area contributed by atoms with Gasteiger partial charge >= 0.3 is 6.03 Å². The molecule has 5 nitrogen and oxygen atoms in total. The minimum absolute atomic E-state index is 0.0510. The van der Waals surface area contributed by atoms with E-state index in [9.17, 15) is 9.90 Å². The average molecular weight is 320 g/mol. The monoisotopic (exact) mass is 320 g/mol. The largest absolute Gasteiger partial charge is 0.492 e. The van der Waals surface area contributed by atoms with E-state index in [1.165, 1.54) is 5.56 Å². The fraction of sp³-hybridized carbons (Fsp3) is 0.611. The molecule has 0 bridgehead atoms. The number of urea groups is 1. The van der Waals surface area contributed by atoms with E-state index in [4.69, 9.17) is 4.74 Å². The first-order valence-corrected chi connectivity index (χ1v) is 8.41. The topological polar surface area (TPSA) is 61.8 Å². The minimum Gasteiger partial charge on any atom is -0.492 e. The summed E-state index contributed by atoms with van der Waals surface area (Å²) >= 11 is 0. The summed E-state index contributed by atoms with van der Waals surface area (Å²) in [4.78, 5) is 14.0. The molecule has 2 amide bonds. The van der Waals surface area contributed by atoms with Crippen LogP contribution in [-0.2, 0) is 0 Å². The second kappa shape index (κ2) is 8.77. The molecule has 0 unspecified atom stereocenters. The highest BCUT2D eigenvalue weighted by Gasteiger charge is 2.25. The zero-order valence-electron chi connectivity index (χ0n) is 14.1. The van der Waals surface area contributed by atoms with Gasteiger partial charge in [-0.15, -0.1) is 0 Å². The van der Waals surface area contributed by atoms with Crippen LogP contribution in [0.2, 0.25) is 0 Å². The predicted molar refractivity (Wildman–Crippen MR) is 90.7 cm³/mol. The molecule has 0 atom stereocenters. The Labute approximate surface area is 138 Å². The van der Waals surface area contributed by atoms with Gasteiger partial charge in [-0.1, -0.05) is 17.7 Å². The smallest absolute Gasteiger partial charge is 0.317 e. The van der Waals surface area contributed by atoms with E-state index in [2.05, 4.69) is 5.32 Å². The number of hydrogen-bond acceptors (Lipinski definition) is 3. The summed E-state index contributed by atoms with van der Waals surface area (Å²) in [7, 11) is 1.85. The van der Waals surface area contributed by atoms with Crippen molar-refractivity contribution in [2.45, 2.75) is 38.6 Å². The van der Waals surface area contributed by atoms with Crippen LogP contribution < -0.4 is 10.1 Å². The van der Waals surface area contributed by atoms with Gasteiger partial charge in [-0.3, -0.25) is 0 Å². The Morgan fingerprint density at radius 1 is 1.26 bits per heavy atom. The Morgan fingerprint density at radius 2 is 1.91 bits per heavy atom. The number of ether oxygens (including phenoxy) is 1. The Balaban J connectivity index is 1.65. The lowest BCUT2D eigenvalue weighted by Gasteiger charge is -2.34. The van der Waals surface area contributed by atoms with Gasteiger partial charge in [0.15, 0.2) is 0 Å².